The number of rotatable bonds is 1. The molecule has 0 heterocycles. The molecule has 0 amide bonds. The summed E-state index contributed by atoms with van der Waals surface area (Å²) in [5.41, 5.74) is 7.55. The summed E-state index contributed by atoms with van der Waals surface area (Å²) in [6, 6.07) is 5.88. The summed E-state index contributed by atoms with van der Waals surface area (Å²) >= 11 is 8.22. The van der Waals surface area contributed by atoms with Crippen LogP contribution in [-0.2, 0) is 0 Å². The van der Waals surface area contributed by atoms with Crippen molar-refractivity contribution < 1.29 is 0 Å². The lowest BCUT2D eigenvalue weighted by atomic mass is 10.1. The van der Waals surface area contributed by atoms with Gasteiger partial charge in [-0.05, 0) is 24.6 Å². The number of nitrogens with two attached hydrogens (primary N) is 1. The van der Waals surface area contributed by atoms with Gasteiger partial charge in [0.05, 0.1) is 0 Å². The quantitative estimate of drug-likeness (QED) is 0.749. The highest BCUT2D eigenvalue weighted by atomic mass is 79.9. The van der Waals surface area contributed by atoms with E-state index in [-0.39, 0.29) is 0 Å². The van der Waals surface area contributed by atoms with E-state index in [0.29, 0.717) is 4.99 Å². The summed E-state index contributed by atoms with van der Waals surface area (Å²) in [5.74, 6) is 0. The van der Waals surface area contributed by atoms with Crippen LogP contribution in [0.25, 0.3) is 0 Å². The van der Waals surface area contributed by atoms with Crippen LogP contribution in [0.4, 0.5) is 0 Å². The minimum Gasteiger partial charge on any atom is -0.389 e. The standard InChI is InChI=1S/C8H8BrNS/c1-5-2-3-6(9)4-7(5)8(10)11/h2-4H,1H3,(H2,10,11). The maximum atomic E-state index is 5.49. The second kappa shape index (κ2) is 3.32. The summed E-state index contributed by atoms with van der Waals surface area (Å²) in [6.45, 7) is 1.99. The lowest BCUT2D eigenvalue weighted by Gasteiger charge is -2.02. The van der Waals surface area contributed by atoms with Crippen LogP contribution in [0.2, 0.25) is 0 Å². The molecule has 0 bridgehead atoms. The fourth-order valence-corrected chi connectivity index (χ4v) is 1.44. The Balaban J connectivity index is 3.23. The molecule has 0 fully saturated rings. The largest absolute Gasteiger partial charge is 0.389 e. The van der Waals surface area contributed by atoms with Crippen LogP contribution in [0, 0.1) is 6.92 Å². The third-order valence-corrected chi connectivity index (χ3v) is 2.18. The van der Waals surface area contributed by atoms with Crippen molar-refractivity contribution in [1.82, 2.24) is 0 Å². The molecule has 0 aliphatic rings. The number of thiocarbonyl (C=S) groups is 1. The van der Waals surface area contributed by atoms with Crippen LogP contribution in [0.15, 0.2) is 22.7 Å². The third-order valence-electron chi connectivity index (χ3n) is 1.47. The van der Waals surface area contributed by atoms with Crippen molar-refractivity contribution in [2.45, 2.75) is 6.92 Å². The molecule has 0 radical (unpaired) electrons. The Labute approximate surface area is 79.7 Å². The highest BCUT2D eigenvalue weighted by Crippen LogP contribution is 2.15. The Kier molecular flexibility index (Phi) is 2.62. The molecule has 0 aromatic heterocycles. The van der Waals surface area contributed by atoms with Crippen LogP contribution in [-0.4, -0.2) is 4.99 Å². The fourth-order valence-electron chi connectivity index (χ4n) is 0.860. The van der Waals surface area contributed by atoms with E-state index in [1.807, 2.05) is 25.1 Å². The van der Waals surface area contributed by atoms with E-state index in [1.165, 1.54) is 0 Å². The number of hydrogen-bond acceptors (Lipinski definition) is 1. The molecule has 0 unspecified atom stereocenters. The van der Waals surface area contributed by atoms with Crippen LogP contribution < -0.4 is 5.73 Å². The van der Waals surface area contributed by atoms with Crippen molar-refractivity contribution in [1.29, 1.82) is 0 Å². The third kappa shape index (κ3) is 2.01. The molecule has 1 rings (SSSR count). The zero-order valence-electron chi connectivity index (χ0n) is 6.10. The van der Waals surface area contributed by atoms with Crippen LogP contribution in [0.1, 0.15) is 11.1 Å². The van der Waals surface area contributed by atoms with Gasteiger partial charge in [0.1, 0.15) is 4.99 Å². The van der Waals surface area contributed by atoms with Gasteiger partial charge in [-0.25, -0.2) is 0 Å². The normalized spacial score (nSPS) is 9.64. The highest BCUT2D eigenvalue weighted by Gasteiger charge is 2.00. The average Bonchev–Trinajstić information content (AvgIpc) is 1.94. The fraction of sp³-hybridized carbons (Fsp3) is 0.125. The lowest BCUT2D eigenvalue weighted by Crippen LogP contribution is -2.10. The second-order valence-electron chi connectivity index (χ2n) is 2.32. The van der Waals surface area contributed by atoms with Crippen molar-refractivity contribution in [2.75, 3.05) is 0 Å². The summed E-state index contributed by atoms with van der Waals surface area (Å²) < 4.78 is 1.01. The maximum Gasteiger partial charge on any atom is 0.104 e. The monoisotopic (exact) mass is 229 g/mol. The SMILES string of the molecule is Cc1ccc(Br)cc1C(N)=S. The van der Waals surface area contributed by atoms with Gasteiger partial charge in [0.25, 0.3) is 0 Å². The lowest BCUT2D eigenvalue weighted by molar-refractivity contribution is 1.42. The molecule has 1 aromatic rings. The van der Waals surface area contributed by atoms with Gasteiger partial charge in [-0.3, -0.25) is 0 Å². The summed E-state index contributed by atoms with van der Waals surface area (Å²) in [5, 5.41) is 0. The first-order chi connectivity index (χ1) is 5.11. The smallest absolute Gasteiger partial charge is 0.104 e. The zero-order chi connectivity index (χ0) is 8.43. The van der Waals surface area contributed by atoms with Gasteiger partial charge >= 0.3 is 0 Å². The molecule has 0 spiro atoms. The first-order valence-corrected chi connectivity index (χ1v) is 4.37. The summed E-state index contributed by atoms with van der Waals surface area (Å²) in [7, 11) is 0. The van der Waals surface area contributed by atoms with E-state index in [9.17, 15) is 0 Å². The molecule has 2 N–H and O–H groups in total. The Hall–Kier alpha value is -0.410. The molecule has 58 valence electrons. The number of benzene rings is 1. The van der Waals surface area contributed by atoms with Gasteiger partial charge in [0.2, 0.25) is 0 Å². The Morgan fingerprint density at radius 2 is 2.18 bits per heavy atom. The summed E-state index contributed by atoms with van der Waals surface area (Å²) in [6.07, 6.45) is 0. The first kappa shape index (κ1) is 8.68. The van der Waals surface area contributed by atoms with Gasteiger partial charge in [-0.1, -0.05) is 34.2 Å². The minimum absolute atomic E-state index is 0.448. The zero-order valence-corrected chi connectivity index (χ0v) is 8.50. The molecule has 1 aromatic carbocycles. The van der Waals surface area contributed by atoms with E-state index in [1.54, 1.807) is 0 Å². The van der Waals surface area contributed by atoms with Crippen molar-refractivity contribution in [2.24, 2.45) is 5.73 Å². The van der Waals surface area contributed by atoms with Crippen molar-refractivity contribution in [3.8, 4) is 0 Å². The minimum atomic E-state index is 0.448. The van der Waals surface area contributed by atoms with Crippen molar-refractivity contribution in [3.05, 3.63) is 33.8 Å². The van der Waals surface area contributed by atoms with Gasteiger partial charge in [0.15, 0.2) is 0 Å². The Morgan fingerprint density at radius 3 is 2.64 bits per heavy atom. The molecular formula is C8H8BrNS. The van der Waals surface area contributed by atoms with Crippen LogP contribution in [0.5, 0.6) is 0 Å². The van der Waals surface area contributed by atoms with E-state index >= 15 is 0 Å². The van der Waals surface area contributed by atoms with Crippen molar-refractivity contribution >= 4 is 33.1 Å². The molecular weight excluding hydrogens is 222 g/mol. The van der Waals surface area contributed by atoms with E-state index in [2.05, 4.69) is 15.9 Å². The van der Waals surface area contributed by atoms with Gasteiger partial charge in [-0.15, -0.1) is 0 Å². The van der Waals surface area contributed by atoms with Gasteiger partial charge < -0.3 is 5.73 Å². The number of halogens is 1. The number of hydrogen-bond donors (Lipinski definition) is 1. The topological polar surface area (TPSA) is 26.0 Å². The predicted octanol–water partition coefficient (Wildman–Crippen LogP) is 2.39. The van der Waals surface area contributed by atoms with E-state index < -0.39 is 0 Å². The summed E-state index contributed by atoms with van der Waals surface area (Å²) in [4.78, 5) is 0.448. The molecule has 3 heteroatoms. The van der Waals surface area contributed by atoms with Crippen molar-refractivity contribution in [3.63, 3.8) is 0 Å². The van der Waals surface area contributed by atoms with Crippen LogP contribution in [0.3, 0.4) is 0 Å². The molecule has 0 saturated carbocycles. The molecule has 0 atom stereocenters. The second-order valence-corrected chi connectivity index (χ2v) is 3.68. The molecule has 11 heavy (non-hydrogen) atoms. The predicted molar refractivity (Wildman–Crippen MR) is 54.8 cm³/mol. The van der Waals surface area contributed by atoms with E-state index in [0.717, 1.165) is 15.6 Å². The molecule has 0 aliphatic heterocycles. The molecule has 1 nitrogen and oxygen atoms in total. The first-order valence-electron chi connectivity index (χ1n) is 3.17. The molecule has 0 aliphatic carbocycles. The molecule has 0 saturated heterocycles. The Morgan fingerprint density at radius 1 is 1.55 bits per heavy atom. The van der Waals surface area contributed by atoms with E-state index in [4.69, 9.17) is 18.0 Å². The van der Waals surface area contributed by atoms with Crippen LogP contribution >= 0.6 is 28.1 Å². The van der Waals surface area contributed by atoms with Gasteiger partial charge in [0, 0.05) is 10.0 Å². The maximum absolute atomic E-state index is 5.49. The van der Waals surface area contributed by atoms with Gasteiger partial charge in [-0.2, -0.15) is 0 Å². The number of aryl methyl sites for hydroxylation is 1. The Bertz CT molecular complexity index is 296. The average molecular weight is 230 g/mol. The highest BCUT2D eigenvalue weighted by molar-refractivity contribution is 9.10.